The van der Waals surface area contributed by atoms with Crippen molar-refractivity contribution in [3.05, 3.63) is 0 Å². The molecular formula is C29H78N8. The molecule has 0 spiro atoms. The maximum atomic E-state index is 3.22. The summed E-state index contributed by atoms with van der Waals surface area (Å²) in [7, 11) is 16.6. The van der Waals surface area contributed by atoms with E-state index in [0.29, 0.717) is 0 Å². The van der Waals surface area contributed by atoms with Crippen LogP contribution in [0.4, 0.5) is 0 Å². The van der Waals surface area contributed by atoms with Crippen molar-refractivity contribution in [3.8, 4) is 0 Å². The van der Waals surface area contributed by atoms with Crippen LogP contribution in [0.1, 0.15) is 56.4 Å². The molecule has 0 aliphatic carbocycles. The van der Waals surface area contributed by atoms with E-state index in [2.05, 4.69) is 138 Å². The minimum absolute atomic E-state index is 0. The van der Waals surface area contributed by atoms with Crippen LogP contribution in [0.2, 0.25) is 0 Å². The first-order valence-electron chi connectivity index (χ1n) is 13.9. The molecule has 8 nitrogen and oxygen atoms in total. The fourth-order valence-electron chi connectivity index (χ4n) is 2.86. The highest BCUT2D eigenvalue weighted by atomic mass is 15.2. The first kappa shape index (κ1) is 49.6. The lowest BCUT2D eigenvalue weighted by molar-refractivity contribution is 0.227. The van der Waals surface area contributed by atoms with Crippen LogP contribution in [-0.2, 0) is 0 Å². The Morgan fingerprint density at radius 3 is 0.811 bits per heavy atom. The Labute approximate surface area is 238 Å². The highest BCUT2D eigenvalue weighted by molar-refractivity contribution is 4.58. The molecule has 0 aromatic heterocycles. The van der Waals surface area contributed by atoms with Crippen molar-refractivity contribution in [2.75, 3.05) is 142 Å². The number of rotatable bonds is 17. The molecule has 0 unspecified atom stereocenters. The second-order valence-corrected chi connectivity index (χ2v) is 9.67. The third-order valence-electron chi connectivity index (χ3n) is 5.06. The van der Waals surface area contributed by atoms with E-state index in [-0.39, 0.29) is 14.9 Å². The van der Waals surface area contributed by atoms with Gasteiger partial charge in [0.05, 0.1) is 0 Å². The molecule has 0 aromatic carbocycles. The van der Waals surface area contributed by atoms with Gasteiger partial charge in [0.25, 0.3) is 0 Å². The molecule has 0 atom stereocenters. The van der Waals surface area contributed by atoms with Crippen LogP contribution in [0.5, 0.6) is 0 Å². The summed E-state index contributed by atoms with van der Waals surface area (Å²) in [6.45, 7) is 27.9. The summed E-state index contributed by atoms with van der Waals surface area (Å²) in [5, 5.41) is 6.44. The zero-order valence-corrected chi connectivity index (χ0v) is 26.9. The second-order valence-electron chi connectivity index (χ2n) is 9.67. The highest BCUT2D eigenvalue weighted by Crippen LogP contribution is 1.91. The number of nitrogens with zero attached hydrogens (tertiary/aromatic N) is 6. The van der Waals surface area contributed by atoms with Gasteiger partial charge in [-0.25, -0.2) is 0 Å². The summed E-state index contributed by atoms with van der Waals surface area (Å²) >= 11 is 0. The maximum Gasteiger partial charge on any atom is 0.0495 e. The Balaban J connectivity index is -0.0000000870. The van der Waals surface area contributed by atoms with Crippen LogP contribution in [0, 0.1) is 0 Å². The average Bonchev–Trinajstić information content (AvgIpc) is 2.79. The average molecular weight is 539 g/mol. The van der Waals surface area contributed by atoms with Crippen molar-refractivity contribution in [1.82, 2.24) is 40.0 Å². The summed E-state index contributed by atoms with van der Waals surface area (Å²) in [5.41, 5.74) is 0. The van der Waals surface area contributed by atoms with E-state index in [1.807, 2.05) is 0 Å². The van der Waals surface area contributed by atoms with E-state index in [1.165, 1.54) is 39.3 Å². The molecule has 234 valence electrons. The van der Waals surface area contributed by atoms with E-state index in [1.54, 1.807) is 0 Å². The largest absolute Gasteiger partial charge is 0.316 e. The molecule has 0 aliphatic heterocycles. The number of hydrogen-bond acceptors (Lipinski definition) is 8. The van der Waals surface area contributed by atoms with Gasteiger partial charge >= 0.3 is 0 Å². The zero-order chi connectivity index (χ0) is 28.1. The van der Waals surface area contributed by atoms with Gasteiger partial charge in [0.1, 0.15) is 0 Å². The van der Waals surface area contributed by atoms with Crippen molar-refractivity contribution < 1.29 is 0 Å². The molecule has 0 aliphatic rings. The van der Waals surface area contributed by atoms with Crippen molar-refractivity contribution in [1.29, 1.82) is 0 Å². The molecule has 0 heterocycles. The third kappa shape index (κ3) is 56.9. The minimum atomic E-state index is 0. The molecule has 8 heteroatoms. The molecule has 0 fully saturated rings. The van der Waals surface area contributed by atoms with Crippen LogP contribution in [0.25, 0.3) is 0 Å². The molecule has 2 N–H and O–H groups in total. The lowest BCUT2D eigenvalue weighted by Gasteiger charge is -2.23. The van der Waals surface area contributed by atoms with Gasteiger partial charge in [0.15, 0.2) is 0 Å². The van der Waals surface area contributed by atoms with Crippen LogP contribution in [0.3, 0.4) is 0 Å². The first-order chi connectivity index (χ1) is 16.4. The van der Waals surface area contributed by atoms with Crippen molar-refractivity contribution in [3.63, 3.8) is 0 Å². The SMILES string of the molecule is C.C.CCN(CC)CCN(CC)CC.CCNCCNCC.CN(C)CCN(C)C.CN(C)CN(C)C. The standard InChI is InChI=1S/C10H24N2.2C6H16N2.C5H14N2.2CH4/c1-5-11(6-2)9-10-12(7-3)8-4;1-7(2)5-6-8(3)4;1-3-7-5-6-8-4-2;1-6(2)5-7(3)4;;/h5-10H2,1-4H3;5-6H2,1-4H3;7-8H,3-6H2,1-2H3;5H2,1-4H3;2*1H4. The summed E-state index contributed by atoms with van der Waals surface area (Å²) in [6, 6.07) is 0. The van der Waals surface area contributed by atoms with Crippen LogP contribution in [-0.4, -0.2) is 171 Å². The number of nitrogens with one attached hydrogen (secondary N) is 2. The summed E-state index contributed by atoms with van der Waals surface area (Å²) in [4.78, 5) is 13.6. The van der Waals surface area contributed by atoms with E-state index in [9.17, 15) is 0 Å². The fraction of sp³-hybridized carbons (Fsp3) is 1.00. The van der Waals surface area contributed by atoms with Crippen molar-refractivity contribution in [2.45, 2.75) is 56.4 Å². The minimum Gasteiger partial charge on any atom is -0.316 e. The Morgan fingerprint density at radius 1 is 0.405 bits per heavy atom. The van der Waals surface area contributed by atoms with E-state index in [0.717, 1.165) is 45.9 Å². The fourth-order valence-corrected chi connectivity index (χ4v) is 2.86. The Kier molecular flexibility index (Phi) is 53.9. The van der Waals surface area contributed by atoms with Crippen molar-refractivity contribution in [2.24, 2.45) is 0 Å². The second kappa shape index (κ2) is 40.2. The molecule has 0 rings (SSSR count). The number of likely N-dealkylation sites (N-methyl/N-ethyl adjacent to an activating group) is 6. The van der Waals surface area contributed by atoms with Gasteiger partial charge < -0.3 is 30.2 Å². The summed E-state index contributed by atoms with van der Waals surface area (Å²) in [5.74, 6) is 0. The predicted molar refractivity (Wildman–Crippen MR) is 175 cm³/mol. The summed E-state index contributed by atoms with van der Waals surface area (Å²) < 4.78 is 0. The van der Waals surface area contributed by atoms with Gasteiger partial charge in [0.2, 0.25) is 0 Å². The lowest BCUT2D eigenvalue weighted by Crippen LogP contribution is -2.34. The molecule has 0 saturated carbocycles. The maximum absolute atomic E-state index is 3.22. The van der Waals surface area contributed by atoms with E-state index < -0.39 is 0 Å². The van der Waals surface area contributed by atoms with E-state index >= 15 is 0 Å². The Bertz CT molecular complexity index is 313. The normalized spacial score (nSPS) is 10.4. The lowest BCUT2D eigenvalue weighted by atomic mass is 10.4. The van der Waals surface area contributed by atoms with Crippen LogP contribution < -0.4 is 10.6 Å². The predicted octanol–water partition coefficient (Wildman–Crippen LogP) is 3.32. The highest BCUT2D eigenvalue weighted by Gasteiger charge is 2.02. The Morgan fingerprint density at radius 2 is 0.676 bits per heavy atom. The molecule has 0 amide bonds. The Hall–Kier alpha value is -0.320. The van der Waals surface area contributed by atoms with Crippen molar-refractivity contribution >= 4 is 0 Å². The topological polar surface area (TPSA) is 43.5 Å². The zero-order valence-electron chi connectivity index (χ0n) is 26.9. The van der Waals surface area contributed by atoms with Crippen LogP contribution in [0.15, 0.2) is 0 Å². The molecular weight excluding hydrogens is 460 g/mol. The molecule has 0 saturated heterocycles. The molecule has 0 aromatic rings. The monoisotopic (exact) mass is 539 g/mol. The molecule has 0 bridgehead atoms. The molecule has 37 heavy (non-hydrogen) atoms. The quantitative estimate of drug-likeness (QED) is 0.216. The van der Waals surface area contributed by atoms with Gasteiger partial charge in [-0.3, -0.25) is 9.80 Å². The van der Waals surface area contributed by atoms with Gasteiger partial charge in [0, 0.05) is 45.9 Å². The van der Waals surface area contributed by atoms with Gasteiger partial charge in [-0.2, -0.15) is 0 Å². The number of hydrogen-bond donors (Lipinski definition) is 2. The smallest absolute Gasteiger partial charge is 0.0495 e. The first-order valence-corrected chi connectivity index (χ1v) is 13.9. The summed E-state index contributed by atoms with van der Waals surface area (Å²) in [6.07, 6.45) is 0. The van der Waals surface area contributed by atoms with Crippen LogP contribution >= 0.6 is 0 Å². The molecule has 0 radical (unpaired) electrons. The van der Waals surface area contributed by atoms with E-state index in [4.69, 9.17) is 0 Å². The van der Waals surface area contributed by atoms with Gasteiger partial charge in [-0.05, 0) is 95.6 Å². The van der Waals surface area contributed by atoms with Gasteiger partial charge in [-0.15, -0.1) is 0 Å². The third-order valence-corrected chi connectivity index (χ3v) is 5.06. The van der Waals surface area contributed by atoms with Gasteiger partial charge in [-0.1, -0.05) is 56.4 Å².